The molecule has 1 aliphatic heterocycles. The van der Waals surface area contributed by atoms with Crippen LogP contribution in [0.5, 0.6) is 0 Å². The Kier molecular flexibility index (Phi) is 7.20. The third kappa shape index (κ3) is 5.24. The Morgan fingerprint density at radius 1 is 1.32 bits per heavy atom. The van der Waals surface area contributed by atoms with Gasteiger partial charge < -0.3 is 15.5 Å². The van der Waals surface area contributed by atoms with E-state index >= 15 is 0 Å². The maximum atomic E-state index is 13.5. The average Bonchev–Trinajstić information content (AvgIpc) is 3.27. The molecule has 9 nitrogen and oxygen atoms in total. The number of piperidine rings is 1. The van der Waals surface area contributed by atoms with Crippen molar-refractivity contribution >= 4 is 44.3 Å². The van der Waals surface area contributed by atoms with E-state index in [1.807, 2.05) is 11.8 Å². The van der Waals surface area contributed by atoms with Crippen LogP contribution in [0.25, 0.3) is 10.3 Å². The minimum Gasteiger partial charge on any atom is -0.356 e. The average molecular weight is 487 g/mol. The SMILES string of the molecule is CCCNC(=O)[C@H]1CCCN(c2nc3ncn(CC(=O)Nc4cc(F)ccc4C)c(=O)c3s2)C1. The molecule has 0 saturated carbocycles. The van der Waals surface area contributed by atoms with Crippen molar-refractivity contribution in [2.45, 2.75) is 39.7 Å². The predicted octanol–water partition coefficient (Wildman–Crippen LogP) is 2.68. The van der Waals surface area contributed by atoms with Crippen molar-refractivity contribution in [3.63, 3.8) is 0 Å². The summed E-state index contributed by atoms with van der Waals surface area (Å²) in [7, 11) is 0. The molecule has 0 spiro atoms. The first-order chi connectivity index (χ1) is 16.4. The fourth-order valence-electron chi connectivity index (χ4n) is 3.91. The molecule has 1 fully saturated rings. The molecule has 3 aromatic rings. The van der Waals surface area contributed by atoms with Gasteiger partial charge in [-0.1, -0.05) is 24.3 Å². The van der Waals surface area contributed by atoms with Gasteiger partial charge in [-0.05, 0) is 43.9 Å². The summed E-state index contributed by atoms with van der Waals surface area (Å²) in [5.41, 5.74) is 1.02. The third-order valence-electron chi connectivity index (χ3n) is 5.77. The number of nitrogens with zero attached hydrogens (tertiary/aromatic N) is 4. The summed E-state index contributed by atoms with van der Waals surface area (Å²) in [5, 5.41) is 6.23. The Balaban J connectivity index is 1.49. The molecule has 2 amide bonds. The lowest BCUT2D eigenvalue weighted by Crippen LogP contribution is -2.43. The van der Waals surface area contributed by atoms with Crippen LogP contribution in [0.3, 0.4) is 0 Å². The van der Waals surface area contributed by atoms with E-state index < -0.39 is 11.7 Å². The Morgan fingerprint density at radius 2 is 2.15 bits per heavy atom. The molecule has 4 rings (SSSR count). The van der Waals surface area contributed by atoms with Crippen LogP contribution in [0.1, 0.15) is 31.7 Å². The number of anilines is 2. The number of aromatic nitrogens is 3. The Hall–Kier alpha value is -3.34. The minimum absolute atomic E-state index is 0.0488. The van der Waals surface area contributed by atoms with Crippen LogP contribution in [0.2, 0.25) is 0 Å². The molecule has 0 bridgehead atoms. The van der Waals surface area contributed by atoms with Gasteiger partial charge in [0.1, 0.15) is 23.4 Å². The van der Waals surface area contributed by atoms with Crippen LogP contribution in [-0.4, -0.2) is 46.0 Å². The van der Waals surface area contributed by atoms with Gasteiger partial charge in [0, 0.05) is 25.3 Å². The summed E-state index contributed by atoms with van der Waals surface area (Å²) in [6.45, 7) is 5.47. The molecule has 34 heavy (non-hydrogen) atoms. The van der Waals surface area contributed by atoms with E-state index in [9.17, 15) is 18.8 Å². The molecular formula is C23H27FN6O3S. The molecule has 1 saturated heterocycles. The monoisotopic (exact) mass is 486 g/mol. The number of carbonyl (C=O) groups is 2. The first-order valence-corrected chi connectivity index (χ1v) is 12.1. The number of nitrogens with one attached hydrogen (secondary N) is 2. The fraction of sp³-hybridized carbons (Fsp3) is 0.435. The zero-order valence-electron chi connectivity index (χ0n) is 19.1. The van der Waals surface area contributed by atoms with Crippen molar-refractivity contribution < 1.29 is 14.0 Å². The normalized spacial score (nSPS) is 16.0. The lowest BCUT2D eigenvalue weighted by Gasteiger charge is -2.31. The van der Waals surface area contributed by atoms with E-state index in [-0.39, 0.29) is 23.9 Å². The number of thiazole rings is 1. The summed E-state index contributed by atoms with van der Waals surface area (Å²) in [6.07, 6.45) is 3.86. The number of hydrogen-bond acceptors (Lipinski definition) is 7. The molecule has 0 radical (unpaired) electrons. The van der Waals surface area contributed by atoms with Crippen LogP contribution in [0.4, 0.5) is 15.2 Å². The van der Waals surface area contributed by atoms with Crippen molar-refractivity contribution in [2.24, 2.45) is 5.92 Å². The third-order valence-corrected chi connectivity index (χ3v) is 6.87. The Bertz CT molecular complexity index is 1270. The number of rotatable bonds is 7. The number of aryl methyl sites for hydroxylation is 1. The smallest absolute Gasteiger partial charge is 0.273 e. The summed E-state index contributed by atoms with van der Waals surface area (Å²) in [4.78, 5) is 48.7. The number of fused-ring (bicyclic) bond motifs is 1. The number of benzene rings is 1. The highest BCUT2D eigenvalue weighted by Crippen LogP contribution is 2.29. The van der Waals surface area contributed by atoms with Crippen LogP contribution in [0.15, 0.2) is 29.3 Å². The van der Waals surface area contributed by atoms with Gasteiger partial charge in [0.2, 0.25) is 11.8 Å². The molecule has 1 atom stereocenters. The fourth-order valence-corrected chi connectivity index (χ4v) is 4.92. The second-order valence-corrected chi connectivity index (χ2v) is 9.39. The van der Waals surface area contributed by atoms with Crippen molar-refractivity contribution in [1.82, 2.24) is 19.9 Å². The summed E-state index contributed by atoms with van der Waals surface area (Å²) in [6, 6.07) is 4.13. The first kappa shape index (κ1) is 23.8. The molecule has 0 unspecified atom stereocenters. The molecule has 2 N–H and O–H groups in total. The zero-order valence-corrected chi connectivity index (χ0v) is 20.0. The number of carbonyl (C=O) groups excluding carboxylic acids is 2. The summed E-state index contributed by atoms with van der Waals surface area (Å²) < 4.78 is 15.1. The van der Waals surface area contributed by atoms with Gasteiger partial charge in [0.25, 0.3) is 5.56 Å². The van der Waals surface area contributed by atoms with E-state index in [1.165, 1.54) is 34.4 Å². The van der Waals surface area contributed by atoms with E-state index in [4.69, 9.17) is 0 Å². The standard InChI is InChI=1S/C23H27FN6O3S/c1-3-8-25-21(32)15-5-4-9-29(11-15)23-28-20-19(34-23)22(33)30(13-26-20)12-18(31)27-17-10-16(24)7-6-14(17)2/h6-7,10,13,15H,3-5,8-9,11-12H2,1-2H3,(H,25,32)(H,27,31)/t15-/m0/s1. The lowest BCUT2D eigenvalue weighted by atomic mass is 9.97. The van der Waals surface area contributed by atoms with Gasteiger partial charge in [-0.15, -0.1) is 0 Å². The van der Waals surface area contributed by atoms with Gasteiger partial charge in [-0.3, -0.25) is 19.0 Å². The van der Waals surface area contributed by atoms with Crippen LogP contribution >= 0.6 is 11.3 Å². The van der Waals surface area contributed by atoms with Gasteiger partial charge in [0.05, 0.1) is 5.92 Å². The maximum absolute atomic E-state index is 13.5. The largest absolute Gasteiger partial charge is 0.356 e. The number of amides is 2. The molecule has 11 heteroatoms. The van der Waals surface area contributed by atoms with Crippen LogP contribution < -0.4 is 21.1 Å². The molecule has 2 aromatic heterocycles. The van der Waals surface area contributed by atoms with Crippen LogP contribution in [-0.2, 0) is 16.1 Å². The highest BCUT2D eigenvalue weighted by atomic mass is 32.1. The quantitative estimate of drug-likeness (QED) is 0.532. The van der Waals surface area contributed by atoms with E-state index in [0.29, 0.717) is 39.8 Å². The number of hydrogen-bond donors (Lipinski definition) is 2. The van der Waals surface area contributed by atoms with Gasteiger partial charge in [-0.2, -0.15) is 4.98 Å². The zero-order chi connectivity index (χ0) is 24.2. The minimum atomic E-state index is -0.460. The van der Waals surface area contributed by atoms with Crippen molar-refractivity contribution in [2.75, 3.05) is 29.9 Å². The highest BCUT2D eigenvalue weighted by molar-refractivity contribution is 7.22. The summed E-state index contributed by atoms with van der Waals surface area (Å²) >= 11 is 1.22. The summed E-state index contributed by atoms with van der Waals surface area (Å²) in [5.74, 6) is -0.987. The molecule has 3 heterocycles. The molecular weight excluding hydrogens is 459 g/mol. The van der Waals surface area contributed by atoms with E-state index in [0.717, 1.165) is 25.8 Å². The first-order valence-electron chi connectivity index (χ1n) is 11.3. The number of halogens is 1. The molecule has 180 valence electrons. The maximum Gasteiger partial charge on any atom is 0.273 e. The lowest BCUT2D eigenvalue weighted by molar-refractivity contribution is -0.125. The second-order valence-electron chi connectivity index (χ2n) is 8.41. The molecule has 1 aliphatic rings. The Labute approximate surface area is 200 Å². The van der Waals surface area contributed by atoms with Gasteiger partial charge in [-0.25, -0.2) is 9.37 Å². The van der Waals surface area contributed by atoms with Crippen molar-refractivity contribution in [1.29, 1.82) is 0 Å². The van der Waals surface area contributed by atoms with Crippen molar-refractivity contribution in [3.05, 3.63) is 46.3 Å². The van der Waals surface area contributed by atoms with E-state index in [1.54, 1.807) is 13.0 Å². The predicted molar refractivity (Wildman–Crippen MR) is 130 cm³/mol. The molecule has 1 aromatic carbocycles. The van der Waals surface area contributed by atoms with Gasteiger partial charge >= 0.3 is 0 Å². The van der Waals surface area contributed by atoms with Crippen LogP contribution in [0, 0.1) is 18.7 Å². The van der Waals surface area contributed by atoms with Gasteiger partial charge in [0.15, 0.2) is 10.8 Å². The second kappa shape index (κ2) is 10.3. The topological polar surface area (TPSA) is 109 Å². The molecule has 0 aliphatic carbocycles. The Morgan fingerprint density at radius 3 is 2.94 bits per heavy atom. The highest BCUT2D eigenvalue weighted by Gasteiger charge is 2.27. The van der Waals surface area contributed by atoms with E-state index in [2.05, 4.69) is 20.6 Å². The van der Waals surface area contributed by atoms with Crippen molar-refractivity contribution in [3.8, 4) is 0 Å².